The van der Waals surface area contributed by atoms with Gasteiger partial charge in [-0.3, -0.25) is 4.79 Å². The number of rotatable bonds is 4. The molecule has 4 rings (SSSR count). The number of nitrogens with one attached hydrogen (secondary N) is 1. The lowest BCUT2D eigenvalue weighted by Gasteiger charge is -2.08. The number of methoxy groups -OCH3 is 1. The number of carbonyl (C=O) groups is 2. The summed E-state index contributed by atoms with van der Waals surface area (Å²) in [5, 5.41) is 6.35. The van der Waals surface area contributed by atoms with Crippen LogP contribution in [0.2, 0.25) is 0 Å². The number of esters is 1. The van der Waals surface area contributed by atoms with Gasteiger partial charge in [-0.25, -0.2) is 9.78 Å². The fourth-order valence-corrected chi connectivity index (χ4v) is 4.55. The second-order valence-corrected chi connectivity index (χ2v) is 7.59. The fraction of sp³-hybridized carbons (Fsp3) is 0.0500. The Bertz CT molecular complexity index is 1110. The van der Waals surface area contributed by atoms with Crippen molar-refractivity contribution in [3.63, 3.8) is 0 Å². The molecule has 0 aliphatic rings. The van der Waals surface area contributed by atoms with Crippen molar-refractivity contribution in [3.8, 4) is 10.6 Å². The fourth-order valence-electron chi connectivity index (χ4n) is 2.70. The molecule has 0 spiro atoms. The number of hydrogen-bond donors (Lipinski definition) is 1. The average molecular weight is 394 g/mol. The monoisotopic (exact) mass is 394 g/mol. The molecule has 27 heavy (non-hydrogen) atoms. The molecule has 0 radical (unpaired) electrons. The molecule has 1 N–H and O–H groups in total. The van der Waals surface area contributed by atoms with Crippen LogP contribution in [0.1, 0.15) is 20.7 Å². The van der Waals surface area contributed by atoms with Gasteiger partial charge in [0.15, 0.2) is 0 Å². The summed E-state index contributed by atoms with van der Waals surface area (Å²) in [6.45, 7) is 0. The molecule has 0 saturated heterocycles. The molecule has 2 aromatic carbocycles. The van der Waals surface area contributed by atoms with Gasteiger partial charge in [0.05, 0.1) is 28.5 Å². The zero-order chi connectivity index (χ0) is 18.8. The van der Waals surface area contributed by atoms with Crippen LogP contribution in [0.25, 0.3) is 20.8 Å². The molecule has 134 valence electrons. The molecule has 0 saturated carbocycles. The molecule has 0 bridgehead atoms. The number of fused-ring (bicyclic) bond motifs is 1. The highest BCUT2D eigenvalue weighted by Crippen LogP contribution is 2.37. The summed E-state index contributed by atoms with van der Waals surface area (Å²) in [5.74, 6) is -0.904. The lowest BCUT2D eigenvalue weighted by molar-refractivity contribution is 0.0597. The maximum atomic E-state index is 12.8. The third-order valence-corrected chi connectivity index (χ3v) is 5.89. The van der Waals surface area contributed by atoms with E-state index in [0.29, 0.717) is 5.00 Å². The van der Waals surface area contributed by atoms with E-state index in [2.05, 4.69) is 10.3 Å². The first-order chi connectivity index (χ1) is 13.2. The van der Waals surface area contributed by atoms with Crippen LogP contribution in [0, 0.1) is 0 Å². The highest BCUT2D eigenvalue weighted by atomic mass is 32.1. The predicted octanol–water partition coefficient (Wildman–Crippen LogP) is 5.06. The van der Waals surface area contributed by atoms with E-state index in [0.717, 1.165) is 20.8 Å². The Kier molecular flexibility index (Phi) is 4.70. The maximum Gasteiger partial charge on any atom is 0.338 e. The zero-order valence-electron chi connectivity index (χ0n) is 14.3. The van der Waals surface area contributed by atoms with Crippen molar-refractivity contribution in [2.75, 3.05) is 12.4 Å². The van der Waals surface area contributed by atoms with Crippen LogP contribution in [-0.4, -0.2) is 24.0 Å². The van der Waals surface area contributed by atoms with Gasteiger partial charge in [-0.2, -0.15) is 0 Å². The molecule has 0 atom stereocenters. The van der Waals surface area contributed by atoms with Gasteiger partial charge < -0.3 is 10.1 Å². The van der Waals surface area contributed by atoms with Crippen LogP contribution < -0.4 is 5.32 Å². The lowest BCUT2D eigenvalue weighted by Crippen LogP contribution is -2.16. The van der Waals surface area contributed by atoms with E-state index in [1.165, 1.54) is 18.4 Å². The van der Waals surface area contributed by atoms with Gasteiger partial charge in [0.1, 0.15) is 10.0 Å². The normalized spacial score (nSPS) is 10.7. The minimum Gasteiger partial charge on any atom is -0.465 e. The molecule has 0 unspecified atom stereocenters. The highest BCUT2D eigenvalue weighted by molar-refractivity contribution is 7.22. The number of carbonyl (C=O) groups excluding carboxylic acids is 2. The van der Waals surface area contributed by atoms with E-state index in [4.69, 9.17) is 4.74 Å². The number of anilines is 1. The molecule has 4 aromatic rings. The van der Waals surface area contributed by atoms with E-state index >= 15 is 0 Å². The third kappa shape index (κ3) is 3.34. The molecule has 5 nitrogen and oxygen atoms in total. The number of benzene rings is 2. The van der Waals surface area contributed by atoms with Crippen LogP contribution in [0.3, 0.4) is 0 Å². The van der Waals surface area contributed by atoms with E-state index < -0.39 is 5.97 Å². The van der Waals surface area contributed by atoms with Crippen LogP contribution in [0.5, 0.6) is 0 Å². The second kappa shape index (κ2) is 7.30. The van der Waals surface area contributed by atoms with Gasteiger partial charge in [0.25, 0.3) is 5.91 Å². The van der Waals surface area contributed by atoms with Crippen molar-refractivity contribution < 1.29 is 14.3 Å². The quantitative estimate of drug-likeness (QED) is 0.491. The maximum absolute atomic E-state index is 12.8. The highest BCUT2D eigenvalue weighted by Gasteiger charge is 2.19. The Balaban J connectivity index is 1.66. The number of aromatic nitrogens is 1. The number of nitrogens with zero attached hydrogens (tertiary/aromatic N) is 1. The molecule has 0 aliphatic carbocycles. The second-order valence-electron chi connectivity index (χ2n) is 5.64. The van der Waals surface area contributed by atoms with E-state index in [1.54, 1.807) is 35.6 Å². The average Bonchev–Trinajstić information content (AvgIpc) is 3.33. The number of thiazole rings is 1. The molecule has 0 fully saturated rings. The van der Waals surface area contributed by atoms with Crippen molar-refractivity contribution in [1.29, 1.82) is 0 Å². The predicted molar refractivity (Wildman–Crippen MR) is 109 cm³/mol. The van der Waals surface area contributed by atoms with Gasteiger partial charge in [0, 0.05) is 5.56 Å². The number of para-hydroxylation sites is 1. The molecule has 2 heterocycles. The largest absolute Gasteiger partial charge is 0.465 e. The van der Waals surface area contributed by atoms with Crippen molar-refractivity contribution in [1.82, 2.24) is 4.98 Å². The number of thiophene rings is 1. The van der Waals surface area contributed by atoms with Crippen LogP contribution in [0.15, 0.2) is 60.0 Å². The Morgan fingerprint density at radius 2 is 1.74 bits per heavy atom. The summed E-state index contributed by atoms with van der Waals surface area (Å²) < 4.78 is 5.85. The molecule has 0 aliphatic heterocycles. The number of amides is 1. The first kappa shape index (κ1) is 17.4. The van der Waals surface area contributed by atoms with Crippen molar-refractivity contribution in [2.24, 2.45) is 0 Å². The summed E-state index contributed by atoms with van der Waals surface area (Å²) in [7, 11) is 1.29. The summed E-state index contributed by atoms with van der Waals surface area (Å²) in [4.78, 5) is 29.4. The zero-order valence-corrected chi connectivity index (χ0v) is 15.9. The molecular weight excluding hydrogens is 380 g/mol. The molecule has 7 heteroatoms. The lowest BCUT2D eigenvalue weighted by atomic mass is 10.1. The van der Waals surface area contributed by atoms with Gasteiger partial charge in [0.2, 0.25) is 0 Å². The van der Waals surface area contributed by atoms with Crippen molar-refractivity contribution >= 4 is 49.8 Å². The minimum absolute atomic E-state index is 0.232. The van der Waals surface area contributed by atoms with E-state index in [1.807, 2.05) is 35.7 Å². The Morgan fingerprint density at radius 1 is 1.00 bits per heavy atom. The number of ether oxygens (including phenoxy) is 1. The Morgan fingerprint density at radius 3 is 2.52 bits per heavy atom. The minimum atomic E-state index is -0.543. The van der Waals surface area contributed by atoms with E-state index in [9.17, 15) is 9.59 Å². The summed E-state index contributed by atoms with van der Waals surface area (Å²) in [6, 6.07) is 16.4. The SMILES string of the molecule is COC(=O)c1ccccc1C(=O)Nc1sccc1-c1nc2ccccc2s1. The van der Waals surface area contributed by atoms with Crippen molar-refractivity contribution in [2.45, 2.75) is 0 Å². The van der Waals surface area contributed by atoms with Gasteiger partial charge in [-0.15, -0.1) is 22.7 Å². The summed E-state index contributed by atoms with van der Waals surface area (Å²) >= 11 is 2.99. The standard InChI is InChI=1S/C20H14N2O3S2/c1-25-20(24)13-7-3-2-6-12(13)17(23)22-18-14(10-11-26-18)19-21-15-8-4-5-9-16(15)27-19/h2-11H,1H3,(H,22,23). The molecule has 1 amide bonds. The van der Waals surface area contributed by atoms with Gasteiger partial charge >= 0.3 is 5.97 Å². The first-order valence-electron chi connectivity index (χ1n) is 8.09. The third-order valence-electron chi connectivity index (χ3n) is 3.99. The molecular formula is C20H14N2O3S2. The van der Waals surface area contributed by atoms with Crippen LogP contribution in [-0.2, 0) is 4.74 Å². The van der Waals surface area contributed by atoms with E-state index in [-0.39, 0.29) is 17.0 Å². The number of hydrogen-bond acceptors (Lipinski definition) is 6. The smallest absolute Gasteiger partial charge is 0.338 e. The van der Waals surface area contributed by atoms with Gasteiger partial charge in [-0.1, -0.05) is 24.3 Å². The van der Waals surface area contributed by atoms with Crippen LogP contribution in [0.4, 0.5) is 5.00 Å². The molecule has 2 aromatic heterocycles. The first-order valence-corrected chi connectivity index (χ1v) is 9.79. The van der Waals surface area contributed by atoms with Gasteiger partial charge in [-0.05, 0) is 35.7 Å². The summed E-state index contributed by atoms with van der Waals surface area (Å²) in [6.07, 6.45) is 0. The Labute approximate surface area is 163 Å². The topological polar surface area (TPSA) is 68.3 Å². The van der Waals surface area contributed by atoms with Crippen molar-refractivity contribution in [3.05, 3.63) is 71.1 Å². The van der Waals surface area contributed by atoms with Crippen LogP contribution >= 0.6 is 22.7 Å². The Hall–Kier alpha value is -3.03. The summed E-state index contributed by atoms with van der Waals surface area (Å²) in [5.41, 5.74) is 2.30.